The first-order valence-electron chi connectivity index (χ1n) is 11.7. The number of aromatic nitrogens is 1. The van der Waals surface area contributed by atoms with Gasteiger partial charge in [0.1, 0.15) is 17.4 Å². The SMILES string of the molecule is C=C[C@@H]1C[C@]1(NC(=O)[C@@H]1C[C@@H](Oc2ncc(OC)c3ccc(Cl)cc23)CN1)C(=O)NS(=O)(=O)C1CC1.Cl. The third-order valence-electron chi connectivity index (χ3n) is 6.93. The summed E-state index contributed by atoms with van der Waals surface area (Å²) in [5.74, 6) is -0.506. The molecule has 37 heavy (non-hydrogen) atoms. The molecule has 1 saturated heterocycles. The van der Waals surface area contributed by atoms with Crippen molar-refractivity contribution < 1.29 is 27.5 Å². The van der Waals surface area contributed by atoms with Gasteiger partial charge in [0.05, 0.1) is 24.6 Å². The number of hydrogen-bond acceptors (Lipinski definition) is 8. The maximum Gasteiger partial charge on any atom is 0.259 e. The van der Waals surface area contributed by atoms with Crippen molar-refractivity contribution in [2.75, 3.05) is 13.7 Å². The summed E-state index contributed by atoms with van der Waals surface area (Å²) >= 11 is 6.18. The van der Waals surface area contributed by atoms with Crippen molar-refractivity contribution in [3.63, 3.8) is 0 Å². The number of nitrogens with zero attached hydrogens (tertiary/aromatic N) is 1. The fourth-order valence-corrected chi connectivity index (χ4v) is 6.13. The normalized spacial score (nSPS) is 26.6. The molecule has 10 nitrogen and oxygen atoms in total. The molecular formula is C24H28Cl2N4O6S. The number of sulfonamides is 1. The first kappa shape index (κ1) is 27.4. The zero-order valence-corrected chi connectivity index (χ0v) is 22.4. The zero-order chi connectivity index (χ0) is 25.7. The zero-order valence-electron chi connectivity index (χ0n) is 20.0. The van der Waals surface area contributed by atoms with E-state index in [1.807, 2.05) is 6.07 Å². The van der Waals surface area contributed by atoms with Crippen LogP contribution in [0, 0.1) is 5.92 Å². The van der Waals surface area contributed by atoms with E-state index < -0.39 is 38.7 Å². The fourth-order valence-electron chi connectivity index (χ4n) is 4.59. The van der Waals surface area contributed by atoms with Gasteiger partial charge in [0, 0.05) is 34.7 Å². The van der Waals surface area contributed by atoms with Crippen LogP contribution in [-0.2, 0) is 19.6 Å². The predicted octanol–water partition coefficient (Wildman–Crippen LogP) is 2.10. The van der Waals surface area contributed by atoms with E-state index >= 15 is 0 Å². The molecule has 4 atom stereocenters. The van der Waals surface area contributed by atoms with Crippen molar-refractivity contribution >= 4 is 56.6 Å². The van der Waals surface area contributed by atoms with Gasteiger partial charge in [-0.1, -0.05) is 17.7 Å². The molecule has 13 heteroatoms. The quantitative estimate of drug-likeness (QED) is 0.390. The minimum absolute atomic E-state index is 0. The van der Waals surface area contributed by atoms with Crippen molar-refractivity contribution in [1.29, 1.82) is 0 Å². The minimum atomic E-state index is -3.73. The molecule has 2 heterocycles. The summed E-state index contributed by atoms with van der Waals surface area (Å²) in [6.45, 7) is 4.09. The first-order chi connectivity index (χ1) is 17.2. The van der Waals surface area contributed by atoms with Gasteiger partial charge in [-0.3, -0.25) is 14.3 Å². The molecule has 0 spiro atoms. The topological polar surface area (TPSA) is 136 Å². The van der Waals surface area contributed by atoms with Crippen molar-refractivity contribution in [2.24, 2.45) is 5.92 Å². The Kier molecular flexibility index (Phi) is 7.62. The van der Waals surface area contributed by atoms with E-state index in [2.05, 4.69) is 26.9 Å². The maximum atomic E-state index is 13.1. The smallest absolute Gasteiger partial charge is 0.259 e. The molecule has 2 saturated carbocycles. The summed E-state index contributed by atoms with van der Waals surface area (Å²) < 4.78 is 38.2. The van der Waals surface area contributed by atoms with Gasteiger partial charge in [-0.2, -0.15) is 0 Å². The van der Waals surface area contributed by atoms with Crippen LogP contribution in [0.15, 0.2) is 37.1 Å². The monoisotopic (exact) mass is 570 g/mol. The van der Waals surface area contributed by atoms with Gasteiger partial charge >= 0.3 is 0 Å². The second-order valence-corrected chi connectivity index (χ2v) is 11.8. The number of carbonyl (C=O) groups excluding carboxylic acids is 2. The Morgan fingerprint density at radius 3 is 2.70 bits per heavy atom. The minimum Gasteiger partial charge on any atom is -0.494 e. The molecule has 3 fully saturated rings. The second kappa shape index (κ2) is 10.3. The Balaban J connectivity index is 0.00000320. The van der Waals surface area contributed by atoms with Crippen molar-refractivity contribution in [1.82, 2.24) is 20.3 Å². The lowest BCUT2D eigenvalue weighted by Gasteiger charge is -2.21. The highest BCUT2D eigenvalue weighted by atomic mass is 35.5. The van der Waals surface area contributed by atoms with Crippen molar-refractivity contribution in [3.05, 3.63) is 42.1 Å². The Labute approximate surface area is 226 Å². The number of halogens is 2. The number of nitrogens with one attached hydrogen (secondary N) is 3. The van der Waals surface area contributed by atoms with E-state index in [1.165, 1.54) is 0 Å². The van der Waals surface area contributed by atoms with E-state index in [4.69, 9.17) is 21.1 Å². The average Bonchev–Trinajstić information content (AvgIpc) is 3.76. The van der Waals surface area contributed by atoms with E-state index in [1.54, 1.807) is 31.5 Å². The van der Waals surface area contributed by atoms with Crippen LogP contribution in [0.3, 0.4) is 0 Å². The van der Waals surface area contributed by atoms with Gasteiger partial charge in [-0.05, 0) is 37.5 Å². The molecule has 2 aliphatic carbocycles. The van der Waals surface area contributed by atoms with E-state index in [0.29, 0.717) is 54.3 Å². The van der Waals surface area contributed by atoms with Crippen LogP contribution < -0.4 is 24.8 Å². The summed E-state index contributed by atoms with van der Waals surface area (Å²) in [7, 11) is -2.18. The predicted molar refractivity (Wildman–Crippen MR) is 141 cm³/mol. The van der Waals surface area contributed by atoms with E-state index in [0.717, 1.165) is 5.39 Å². The Morgan fingerprint density at radius 1 is 1.30 bits per heavy atom. The van der Waals surface area contributed by atoms with Gasteiger partial charge in [-0.25, -0.2) is 13.4 Å². The summed E-state index contributed by atoms with van der Waals surface area (Å²) in [4.78, 5) is 30.3. The first-order valence-corrected chi connectivity index (χ1v) is 13.6. The second-order valence-electron chi connectivity index (χ2n) is 9.44. The van der Waals surface area contributed by atoms with Crippen LogP contribution >= 0.6 is 24.0 Å². The average molecular weight is 571 g/mol. The number of amides is 2. The Bertz CT molecular complexity index is 1350. The number of pyridine rings is 1. The summed E-state index contributed by atoms with van der Waals surface area (Å²) in [5, 5.41) is 7.36. The number of fused-ring (bicyclic) bond motifs is 1. The summed E-state index contributed by atoms with van der Waals surface area (Å²) in [5.41, 5.74) is -1.31. The molecule has 3 N–H and O–H groups in total. The summed E-state index contributed by atoms with van der Waals surface area (Å²) in [6, 6.07) is 4.70. The molecule has 1 aromatic carbocycles. The number of carbonyl (C=O) groups is 2. The maximum absolute atomic E-state index is 13.1. The van der Waals surface area contributed by atoms with Crippen LogP contribution in [0.5, 0.6) is 11.6 Å². The van der Waals surface area contributed by atoms with Gasteiger partial charge in [0.15, 0.2) is 0 Å². The molecule has 2 aromatic rings. The van der Waals surface area contributed by atoms with Gasteiger partial charge in [-0.15, -0.1) is 19.0 Å². The number of hydrogen-bond donors (Lipinski definition) is 3. The highest BCUT2D eigenvalue weighted by Crippen LogP contribution is 2.45. The van der Waals surface area contributed by atoms with Crippen molar-refractivity contribution in [3.8, 4) is 11.6 Å². The lowest BCUT2D eigenvalue weighted by atomic mass is 10.1. The molecule has 0 unspecified atom stereocenters. The standard InChI is InChI=1S/C24H27ClN4O6S.ClH/c1-3-13-10-24(13,23(31)29-36(32,33)16-5-6-16)28-21(30)19-9-15(11-26-19)35-22-18-8-14(25)4-7-17(18)20(34-2)12-27-22;/h3-4,7-8,12-13,15-16,19,26H,1,5-6,9-11H2,2H3,(H,28,30)(H,29,31);1H/t13-,15-,19+,24-;/m1./s1. The largest absolute Gasteiger partial charge is 0.494 e. The van der Waals surface area contributed by atoms with E-state index in [9.17, 15) is 18.0 Å². The third kappa shape index (κ3) is 5.36. The molecule has 0 radical (unpaired) electrons. The molecule has 0 bridgehead atoms. The van der Waals surface area contributed by atoms with Gasteiger partial charge < -0.3 is 20.1 Å². The van der Waals surface area contributed by atoms with Gasteiger partial charge in [0.2, 0.25) is 21.8 Å². The van der Waals surface area contributed by atoms with E-state index in [-0.39, 0.29) is 24.4 Å². The summed E-state index contributed by atoms with van der Waals surface area (Å²) in [6.07, 6.45) is 4.46. The molecule has 5 rings (SSSR count). The third-order valence-corrected chi connectivity index (χ3v) is 8.98. The van der Waals surface area contributed by atoms with Crippen LogP contribution in [-0.4, -0.2) is 61.8 Å². The molecular weight excluding hydrogens is 543 g/mol. The van der Waals surface area contributed by atoms with Crippen LogP contribution in [0.4, 0.5) is 0 Å². The number of ether oxygens (including phenoxy) is 2. The Morgan fingerprint density at radius 2 is 2.05 bits per heavy atom. The molecule has 200 valence electrons. The molecule has 1 aliphatic heterocycles. The number of rotatable bonds is 9. The van der Waals surface area contributed by atoms with Crippen LogP contribution in [0.1, 0.15) is 25.7 Å². The van der Waals surface area contributed by atoms with Gasteiger partial charge in [0.25, 0.3) is 5.91 Å². The highest BCUT2D eigenvalue weighted by Gasteiger charge is 2.61. The van der Waals surface area contributed by atoms with Crippen LogP contribution in [0.2, 0.25) is 5.02 Å². The lowest BCUT2D eigenvalue weighted by molar-refractivity contribution is -0.130. The van der Waals surface area contributed by atoms with Crippen LogP contribution in [0.25, 0.3) is 10.8 Å². The highest BCUT2D eigenvalue weighted by molar-refractivity contribution is 7.91. The van der Waals surface area contributed by atoms with Crippen molar-refractivity contribution in [2.45, 2.75) is 48.6 Å². The Hall–Kier alpha value is -2.60. The number of benzene rings is 1. The lowest BCUT2D eigenvalue weighted by Crippen LogP contribution is -2.55. The fraction of sp³-hybridized carbons (Fsp3) is 0.458. The molecule has 3 aliphatic rings. The molecule has 2 amide bonds. The molecule has 1 aromatic heterocycles. The number of methoxy groups -OCH3 is 1.